The van der Waals surface area contributed by atoms with E-state index >= 15 is 0 Å². The Morgan fingerprint density at radius 1 is 1.41 bits per heavy atom. The van der Waals surface area contributed by atoms with Gasteiger partial charge in [-0.25, -0.2) is 4.98 Å². The summed E-state index contributed by atoms with van der Waals surface area (Å²) in [5.74, 6) is 1.50. The van der Waals surface area contributed by atoms with E-state index in [0.717, 1.165) is 0 Å². The third-order valence-corrected chi connectivity index (χ3v) is 2.09. The van der Waals surface area contributed by atoms with Crippen LogP contribution in [0.1, 0.15) is 5.82 Å². The molecule has 0 aliphatic rings. The first-order valence-electron chi connectivity index (χ1n) is 4.95. The van der Waals surface area contributed by atoms with E-state index in [9.17, 15) is 0 Å². The summed E-state index contributed by atoms with van der Waals surface area (Å²) in [6, 6.07) is 0. The summed E-state index contributed by atoms with van der Waals surface area (Å²) in [7, 11) is 1.50. The Labute approximate surface area is 97.2 Å². The third kappa shape index (κ3) is 2.60. The summed E-state index contributed by atoms with van der Waals surface area (Å²) in [5.41, 5.74) is 6.17. The highest BCUT2D eigenvalue weighted by atomic mass is 16.5. The molecule has 2 aromatic rings. The second kappa shape index (κ2) is 5.10. The molecule has 2 aromatic heterocycles. The summed E-state index contributed by atoms with van der Waals surface area (Å²) in [6.45, 7) is 0.587. The van der Waals surface area contributed by atoms with E-state index in [1.165, 1.54) is 19.8 Å². The number of nitrogens with one attached hydrogen (secondary N) is 1. The van der Waals surface area contributed by atoms with Crippen molar-refractivity contribution in [2.24, 2.45) is 0 Å². The summed E-state index contributed by atoms with van der Waals surface area (Å²) in [5, 5.41) is 6.74. The lowest BCUT2D eigenvalue weighted by Gasteiger charge is -2.08. The van der Waals surface area contributed by atoms with Gasteiger partial charge in [0.2, 0.25) is 12.3 Å². The number of ether oxygens (including phenoxy) is 1. The van der Waals surface area contributed by atoms with E-state index in [2.05, 4.69) is 29.9 Å². The van der Waals surface area contributed by atoms with Crippen molar-refractivity contribution in [2.75, 3.05) is 24.7 Å². The van der Waals surface area contributed by atoms with Gasteiger partial charge >= 0.3 is 0 Å². The van der Waals surface area contributed by atoms with E-state index in [1.807, 2.05) is 0 Å². The highest BCUT2D eigenvalue weighted by molar-refractivity contribution is 5.66. The van der Waals surface area contributed by atoms with E-state index in [1.54, 1.807) is 0 Å². The van der Waals surface area contributed by atoms with Crippen molar-refractivity contribution in [1.29, 1.82) is 0 Å². The van der Waals surface area contributed by atoms with Gasteiger partial charge in [0, 0.05) is 13.0 Å². The molecular weight excluding hydrogens is 224 g/mol. The van der Waals surface area contributed by atoms with Crippen molar-refractivity contribution in [1.82, 2.24) is 20.1 Å². The maximum Gasteiger partial charge on any atom is 0.242 e. The minimum Gasteiger partial charge on any atom is -0.479 e. The molecule has 2 heterocycles. The first-order chi connectivity index (χ1) is 8.31. The van der Waals surface area contributed by atoms with Gasteiger partial charge in [-0.05, 0) is 0 Å². The Kier molecular flexibility index (Phi) is 3.34. The van der Waals surface area contributed by atoms with Gasteiger partial charge in [-0.15, -0.1) is 0 Å². The zero-order valence-corrected chi connectivity index (χ0v) is 9.25. The lowest BCUT2D eigenvalue weighted by Crippen LogP contribution is -2.10. The molecule has 0 aliphatic carbocycles. The van der Waals surface area contributed by atoms with E-state index in [4.69, 9.17) is 10.5 Å². The van der Waals surface area contributed by atoms with E-state index in [-0.39, 0.29) is 0 Å². The molecule has 0 bridgehead atoms. The zero-order valence-electron chi connectivity index (χ0n) is 9.25. The standard InChI is InChI=1S/C9H12N6O2/c1-16-9-7(10)8(12-4-13-9)11-3-2-6-14-5-17-15-6/h4-5H,2-3,10H2,1H3,(H,11,12,13). The third-order valence-electron chi connectivity index (χ3n) is 2.09. The highest BCUT2D eigenvalue weighted by Gasteiger charge is 2.07. The van der Waals surface area contributed by atoms with E-state index in [0.29, 0.717) is 36.2 Å². The van der Waals surface area contributed by atoms with Crippen LogP contribution in [0.2, 0.25) is 0 Å². The summed E-state index contributed by atoms with van der Waals surface area (Å²) >= 11 is 0. The summed E-state index contributed by atoms with van der Waals surface area (Å²) in [6.07, 6.45) is 3.28. The Bertz CT molecular complexity index is 472. The summed E-state index contributed by atoms with van der Waals surface area (Å²) in [4.78, 5) is 11.8. The maximum atomic E-state index is 5.79. The Morgan fingerprint density at radius 3 is 3.00 bits per heavy atom. The van der Waals surface area contributed by atoms with Gasteiger partial charge in [0.1, 0.15) is 12.0 Å². The monoisotopic (exact) mass is 236 g/mol. The topological polar surface area (TPSA) is 112 Å². The molecule has 0 atom stereocenters. The van der Waals surface area contributed by atoms with Crippen molar-refractivity contribution < 1.29 is 9.26 Å². The zero-order chi connectivity index (χ0) is 12.1. The van der Waals surface area contributed by atoms with Gasteiger partial charge in [-0.2, -0.15) is 9.97 Å². The van der Waals surface area contributed by atoms with Crippen LogP contribution in [0.4, 0.5) is 11.5 Å². The Morgan fingerprint density at radius 2 is 2.29 bits per heavy atom. The van der Waals surface area contributed by atoms with Crippen molar-refractivity contribution in [2.45, 2.75) is 6.42 Å². The minimum absolute atomic E-state index is 0.349. The van der Waals surface area contributed by atoms with Crippen molar-refractivity contribution in [3.05, 3.63) is 18.5 Å². The number of nitrogens with zero attached hydrogens (tertiary/aromatic N) is 4. The van der Waals surface area contributed by atoms with E-state index < -0.39 is 0 Å². The molecule has 0 aliphatic heterocycles. The summed E-state index contributed by atoms with van der Waals surface area (Å²) < 4.78 is 9.60. The SMILES string of the molecule is COc1ncnc(NCCc2ncon2)c1N. The molecule has 3 N–H and O–H groups in total. The maximum absolute atomic E-state index is 5.79. The average molecular weight is 236 g/mol. The number of nitrogens with two attached hydrogens (primary N) is 1. The van der Waals surface area contributed by atoms with Gasteiger partial charge < -0.3 is 20.3 Å². The first kappa shape index (κ1) is 11.1. The van der Waals surface area contributed by atoms with Gasteiger partial charge in [-0.3, -0.25) is 0 Å². The minimum atomic E-state index is 0.349. The molecule has 0 aromatic carbocycles. The number of hydrogen-bond acceptors (Lipinski definition) is 8. The van der Waals surface area contributed by atoms with Crippen LogP contribution >= 0.6 is 0 Å². The molecule has 2 rings (SSSR count). The number of rotatable bonds is 5. The number of methoxy groups -OCH3 is 1. The number of aromatic nitrogens is 4. The fraction of sp³-hybridized carbons (Fsp3) is 0.333. The van der Waals surface area contributed by atoms with Crippen LogP contribution in [0.3, 0.4) is 0 Å². The largest absolute Gasteiger partial charge is 0.479 e. The molecule has 8 nitrogen and oxygen atoms in total. The highest BCUT2D eigenvalue weighted by Crippen LogP contribution is 2.23. The molecule has 0 fully saturated rings. The van der Waals surface area contributed by atoms with Crippen LogP contribution in [-0.4, -0.2) is 33.8 Å². The van der Waals surface area contributed by atoms with Gasteiger partial charge in [0.05, 0.1) is 7.11 Å². The number of hydrogen-bond donors (Lipinski definition) is 2. The molecule has 0 saturated carbocycles. The van der Waals surface area contributed by atoms with Crippen LogP contribution in [0, 0.1) is 0 Å². The predicted octanol–water partition coefficient (Wildman–Crippen LogP) is 0.105. The smallest absolute Gasteiger partial charge is 0.242 e. The van der Waals surface area contributed by atoms with Gasteiger partial charge in [-0.1, -0.05) is 5.16 Å². The second-order valence-electron chi connectivity index (χ2n) is 3.17. The second-order valence-corrected chi connectivity index (χ2v) is 3.17. The first-order valence-corrected chi connectivity index (χ1v) is 4.95. The quantitative estimate of drug-likeness (QED) is 0.751. The fourth-order valence-electron chi connectivity index (χ4n) is 1.28. The normalized spacial score (nSPS) is 10.2. The molecule has 0 spiro atoms. The molecule has 0 saturated heterocycles. The Balaban J connectivity index is 1.95. The van der Waals surface area contributed by atoms with Crippen LogP contribution in [0.15, 0.2) is 17.2 Å². The fourth-order valence-corrected chi connectivity index (χ4v) is 1.28. The molecule has 0 radical (unpaired) electrons. The molecule has 17 heavy (non-hydrogen) atoms. The van der Waals surface area contributed by atoms with Crippen molar-refractivity contribution in [3.8, 4) is 5.88 Å². The molecule has 90 valence electrons. The number of anilines is 2. The molecule has 0 amide bonds. The van der Waals surface area contributed by atoms with Crippen LogP contribution in [0.25, 0.3) is 0 Å². The lowest BCUT2D eigenvalue weighted by molar-refractivity contribution is 0.399. The van der Waals surface area contributed by atoms with Crippen LogP contribution in [-0.2, 0) is 6.42 Å². The van der Waals surface area contributed by atoms with Gasteiger partial charge in [0.15, 0.2) is 11.6 Å². The van der Waals surface area contributed by atoms with Crippen LogP contribution < -0.4 is 15.8 Å². The lowest BCUT2D eigenvalue weighted by atomic mass is 10.4. The number of nitrogen functional groups attached to an aromatic ring is 1. The average Bonchev–Trinajstić information content (AvgIpc) is 2.84. The van der Waals surface area contributed by atoms with Gasteiger partial charge in [0.25, 0.3) is 0 Å². The Hall–Kier alpha value is -2.38. The molecular formula is C9H12N6O2. The molecule has 8 heteroatoms. The van der Waals surface area contributed by atoms with Crippen molar-refractivity contribution in [3.63, 3.8) is 0 Å². The van der Waals surface area contributed by atoms with Crippen molar-refractivity contribution >= 4 is 11.5 Å². The van der Waals surface area contributed by atoms with Crippen LogP contribution in [0.5, 0.6) is 5.88 Å². The molecule has 0 unspecified atom stereocenters. The predicted molar refractivity (Wildman–Crippen MR) is 59.5 cm³/mol.